The van der Waals surface area contributed by atoms with E-state index in [1.165, 1.54) is 28.8 Å². The molecule has 0 spiro atoms. The van der Waals surface area contributed by atoms with E-state index in [2.05, 4.69) is 25.8 Å². The molecule has 0 bridgehead atoms. The van der Waals surface area contributed by atoms with Crippen molar-refractivity contribution in [1.29, 1.82) is 0 Å². The zero-order chi connectivity index (χ0) is 30.8. The fourth-order valence-corrected chi connectivity index (χ4v) is 5.56. The van der Waals surface area contributed by atoms with E-state index in [-0.39, 0.29) is 17.5 Å². The SMILES string of the molecule is O=C(NNc1nccc(C(F)(F)F)n1)c1csc(C2CCN(C(=O)c3ccccc3-c3ccc(C(F)(F)F)cc3)CC2)n1. The number of anilines is 1. The van der Waals surface area contributed by atoms with Crippen LogP contribution in [0, 0.1) is 0 Å². The second-order valence-electron chi connectivity index (χ2n) is 9.60. The molecule has 0 atom stereocenters. The molecule has 2 aromatic heterocycles. The predicted octanol–water partition coefficient (Wildman–Crippen LogP) is 6.41. The van der Waals surface area contributed by atoms with E-state index in [0.717, 1.165) is 18.3 Å². The van der Waals surface area contributed by atoms with E-state index in [1.807, 2.05) is 0 Å². The van der Waals surface area contributed by atoms with Gasteiger partial charge in [-0.3, -0.25) is 20.4 Å². The number of hydrazine groups is 1. The molecule has 8 nitrogen and oxygen atoms in total. The number of halogens is 6. The Hall–Kier alpha value is -4.53. The maximum absolute atomic E-state index is 13.4. The van der Waals surface area contributed by atoms with Crippen molar-refractivity contribution in [1.82, 2.24) is 25.3 Å². The average molecular weight is 621 g/mol. The van der Waals surface area contributed by atoms with Crippen molar-refractivity contribution in [2.24, 2.45) is 0 Å². The van der Waals surface area contributed by atoms with Crippen LogP contribution in [0.15, 0.2) is 66.2 Å². The summed E-state index contributed by atoms with van der Waals surface area (Å²) in [5, 5.41) is 2.20. The Morgan fingerprint density at radius 2 is 1.58 bits per heavy atom. The van der Waals surface area contributed by atoms with E-state index in [1.54, 1.807) is 29.2 Å². The van der Waals surface area contributed by atoms with Gasteiger partial charge in [0.25, 0.3) is 11.8 Å². The topological polar surface area (TPSA) is 100 Å². The quantitative estimate of drug-likeness (QED) is 0.191. The molecule has 4 aromatic rings. The lowest BCUT2D eigenvalue weighted by Crippen LogP contribution is -2.38. The lowest BCUT2D eigenvalue weighted by molar-refractivity contribution is -0.141. The highest BCUT2D eigenvalue weighted by Gasteiger charge is 2.33. The minimum Gasteiger partial charge on any atom is -0.339 e. The average Bonchev–Trinajstić information content (AvgIpc) is 3.50. The van der Waals surface area contributed by atoms with Crippen molar-refractivity contribution >= 4 is 29.1 Å². The third-order valence-corrected chi connectivity index (χ3v) is 7.81. The Bertz CT molecular complexity index is 1610. The van der Waals surface area contributed by atoms with Crippen molar-refractivity contribution in [2.75, 3.05) is 18.5 Å². The number of hydrogen-bond donors (Lipinski definition) is 2. The van der Waals surface area contributed by atoms with Gasteiger partial charge in [0.1, 0.15) is 11.4 Å². The molecule has 0 unspecified atom stereocenters. The summed E-state index contributed by atoms with van der Waals surface area (Å²) >= 11 is 1.26. The Morgan fingerprint density at radius 1 is 0.884 bits per heavy atom. The molecule has 1 saturated heterocycles. The number of rotatable bonds is 6. The molecule has 2 aromatic carbocycles. The van der Waals surface area contributed by atoms with Crippen molar-refractivity contribution in [3.05, 3.63) is 93.7 Å². The summed E-state index contributed by atoms with van der Waals surface area (Å²) in [6.07, 6.45) is -7.07. The minimum atomic E-state index is -4.66. The molecule has 1 aliphatic heterocycles. The first-order valence-electron chi connectivity index (χ1n) is 12.9. The third-order valence-electron chi connectivity index (χ3n) is 6.80. The minimum absolute atomic E-state index is 0.0273. The third kappa shape index (κ3) is 6.93. The van der Waals surface area contributed by atoms with E-state index < -0.39 is 35.5 Å². The molecule has 2 N–H and O–H groups in total. The van der Waals surface area contributed by atoms with Crippen LogP contribution in [0.3, 0.4) is 0 Å². The first kappa shape index (κ1) is 29.9. The molecule has 1 fully saturated rings. The van der Waals surface area contributed by atoms with Gasteiger partial charge in [0.15, 0.2) is 0 Å². The number of alkyl halides is 6. The van der Waals surface area contributed by atoms with Crippen molar-refractivity contribution in [3.63, 3.8) is 0 Å². The normalized spacial score (nSPS) is 14.4. The second kappa shape index (κ2) is 12.0. The molecule has 3 heterocycles. The Balaban J connectivity index is 1.19. The van der Waals surface area contributed by atoms with Crippen LogP contribution in [0.1, 0.15) is 55.9 Å². The number of thiazole rings is 1. The van der Waals surface area contributed by atoms with Gasteiger partial charge in [-0.15, -0.1) is 11.3 Å². The van der Waals surface area contributed by atoms with Crippen LogP contribution in [0.5, 0.6) is 0 Å². The number of nitrogens with one attached hydrogen (secondary N) is 2. The summed E-state index contributed by atoms with van der Waals surface area (Å²) < 4.78 is 77.5. The maximum atomic E-state index is 13.4. The number of likely N-dealkylation sites (tertiary alicyclic amines) is 1. The number of amides is 2. The summed E-state index contributed by atoms with van der Waals surface area (Å²) in [6, 6.07) is 12.1. The summed E-state index contributed by atoms with van der Waals surface area (Å²) in [7, 11) is 0. The van der Waals surface area contributed by atoms with Gasteiger partial charge < -0.3 is 4.90 Å². The molecule has 1 aliphatic rings. The Kier molecular flexibility index (Phi) is 8.35. The first-order chi connectivity index (χ1) is 20.4. The number of benzene rings is 2. The fraction of sp³-hybridized carbons (Fsp3) is 0.250. The number of aromatic nitrogens is 3. The van der Waals surface area contributed by atoms with Crippen LogP contribution < -0.4 is 10.9 Å². The molecule has 224 valence electrons. The van der Waals surface area contributed by atoms with E-state index in [4.69, 9.17) is 0 Å². The highest BCUT2D eigenvalue weighted by Crippen LogP contribution is 2.34. The summed E-state index contributed by atoms with van der Waals surface area (Å²) in [5.41, 5.74) is 4.02. The number of piperidine rings is 1. The molecular formula is C28H22F6N6O2S. The molecule has 0 saturated carbocycles. The number of carbonyl (C=O) groups excluding carboxylic acids is 2. The molecule has 0 radical (unpaired) electrons. The van der Waals surface area contributed by atoms with Gasteiger partial charge in [-0.05, 0) is 48.2 Å². The van der Waals surface area contributed by atoms with Crippen molar-refractivity contribution in [3.8, 4) is 11.1 Å². The van der Waals surface area contributed by atoms with Crippen LogP contribution in [-0.4, -0.2) is 44.8 Å². The van der Waals surface area contributed by atoms with E-state index in [0.29, 0.717) is 53.7 Å². The number of carbonyl (C=O) groups is 2. The molecule has 15 heteroatoms. The highest BCUT2D eigenvalue weighted by atomic mass is 32.1. The first-order valence-corrected chi connectivity index (χ1v) is 13.8. The zero-order valence-electron chi connectivity index (χ0n) is 22.0. The molecule has 0 aliphatic carbocycles. The number of nitrogens with zero attached hydrogens (tertiary/aromatic N) is 4. The van der Waals surface area contributed by atoms with Gasteiger partial charge in [0.2, 0.25) is 5.95 Å². The Labute approximate surface area is 244 Å². The Morgan fingerprint density at radius 3 is 2.26 bits per heavy atom. The molecule has 2 amide bonds. The summed E-state index contributed by atoms with van der Waals surface area (Å²) in [4.78, 5) is 38.9. The van der Waals surface area contributed by atoms with Crippen LogP contribution in [0.25, 0.3) is 11.1 Å². The van der Waals surface area contributed by atoms with E-state index in [9.17, 15) is 35.9 Å². The largest absolute Gasteiger partial charge is 0.433 e. The molecule has 5 rings (SSSR count). The van der Waals surface area contributed by atoms with Gasteiger partial charge in [-0.25, -0.2) is 15.0 Å². The lowest BCUT2D eigenvalue weighted by Gasteiger charge is -2.31. The van der Waals surface area contributed by atoms with Gasteiger partial charge in [-0.2, -0.15) is 26.3 Å². The molecule has 43 heavy (non-hydrogen) atoms. The van der Waals surface area contributed by atoms with Gasteiger partial charge in [0, 0.05) is 36.1 Å². The maximum Gasteiger partial charge on any atom is 0.433 e. The predicted molar refractivity (Wildman–Crippen MR) is 145 cm³/mol. The number of hydrogen-bond acceptors (Lipinski definition) is 7. The van der Waals surface area contributed by atoms with Crippen LogP contribution in [0.4, 0.5) is 32.3 Å². The smallest absolute Gasteiger partial charge is 0.339 e. The summed E-state index contributed by atoms with van der Waals surface area (Å²) in [5.74, 6) is -1.39. The van der Waals surface area contributed by atoms with Crippen LogP contribution >= 0.6 is 11.3 Å². The lowest BCUT2D eigenvalue weighted by atomic mass is 9.94. The fourth-order valence-electron chi connectivity index (χ4n) is 4.59. The zero-order valence-corrected chi connectivity index (χ0v) is 22.9. The summed E-state index contributed by atoms with van der Waals surface area (Å²) in [6.45, 7) is 0.806. The van der Waals surface area contributed by atoms with Gasteiger partial charge in [-0.1, -0.05) is 30.3 Å². The van der Waals surface area contributed by atoms with Crippen molar-refractivity contribution < 1.29 is 35.9 Å². The highest BCUT2D eigenvalue weighted by molar-refractivity contribution is 7.09. The van der Waals surface area contributed by atoms with Crippen LogP contribution in [-0.2, 0) is 12.4 Å². The van der Waals surface area contributed by atoms with Gasteiger partial charge in [0.05, 0.1) is 10.6 Å². The standard InChI is InChI=1S/C28H22F6N6O2S/c29-27(30,31)18-7-5-16(6-8-18)19-3-1-2-4-20(19)25(42)40-13-10-17(11-14-40)24-36-21(15-43-24)23(41)38-39-26-35-12-9-22(37-26)28(32,33)34/h1-9,12,15,17H,10-11,13-14H2,(H,38,41)(H,35,37,39). The van der Waals surface area contributed by atoms with Gasteiger partial charge >= 0.3 is 12.4 Å². The monoisotopic (exact) mass is 620 g/mol. The molecular weight excluding hydrogens is 598 g/mol. The second-order valence-corrected chi connectivity index (χ2v) is 10.5. The van der Waals surface area contributed by atoms with Crippen LogP contribution in [0.2, 0.25) is 0 Å². The van der Waals surface area contributed by atoms with E-state index >= 15 is 0 Å². The van der Waals surface area contributed by atoms with Crippen molar-refractivity contribution in [2.45, 2.75) is 31.1 Å².